The minimum atomic E-state index is -0.613. The zero-order chi connectivity index (χ0) is 20.8. The molecule has 0 aliphatic carbocycles. The topological polar surface area (TPSA) is 69.7 Å². The predicted octanol–water partition coefficient (Wildman–Crippen LogP) is 3.68. The third-order valence-corrected chi connectivity index (χ3v) is 6.10. The van der Waals surface area contributed by atoms with Crippen molar-refractivity contribution in [3.05, 3.63) is 29.8 Å². The number of carbonyl (C=O) groups is 3. The summed E-state index contributed by atoms with van der Waals surface area (Å²) >= 11 is 0. The number of amides is 3. The fraction of sp³-hybridized carbons (Fsp3) is 0.609. The lowest BCUT2D eigenvalue weighted by Gasteiger charge is -2.28. The average Bonchev–Trinajstić information content (AvgIpc) is 3.08. The van der Waals surface area contributed by atoms with Gasteiger partial charge in [-0.25, -0.2) is 0 Å². The van der Waals surface area contributed by atoms with Crippen LogP contribution in [0.15, 0.2) is 24.3 Å². The fourth-order valence-electron chi connectivity index (χ4n) is 4.28. The summed E-state index contributed by atoms with van der Waals surface area (Å²) in [6, 6.07) is 6.93. The van der Waals surface area contributed by atoms with Gasteiger partial charge in [-0.3, -0.25) is 14.4 Å². The highest BCUT2D eigenvalue weighted by Crippen LogP contribution is 2.21. The van der Waals surface area contributed by atoms with E-state index in [1.54, 1.807) is 29.2 Å². The summed E-state index contributed by atoms with van der Waals surface area (Å²) in [5, 5.41) is 2.70. The lowest BCUT2D eigenvalue weighted by atomic mass is 10.1. The number of carbonyl (C=O) groups excluding carboxylic acids is 3. The molecule has 0 saturated carbocycles. The molecule has 0 aromatic heterocycles. The molecule has 2 heterocycles. The van der Waals surface area contributed by atoms with Gasteiger partial charge in [-0.15, -0.1) is 0 Å². The maximum atomic E-state index is 12.7. The molecule has 158 valence electrons. The Morgan fingerprint density at radius 2 is 1.55 bits per heavy atom. The van der Waals surface area contributed by atoms with Gasteiger partial charge in [0.05, 0.1) is 0 Å². The Kier molecular flexibility index (Phi) is 7.29. The van der Waals surface area contributed by atoms with Crippen LogP contribution < -0.4 is 5.32 Å². The number of hydrogen-bond donors (Lipinski definition) is 1. The van der Waals surface area contributed by atoms with Gasteiger partial charge in [-0.05, 0) is 62.8 Å². The number of nitrogens with zero attached hydrogens (tertiary/aromatic N) is 2. The van der Waals surface area contributed by atoms with Crippen molar-refractivity contribution in [2.75, 3.05) is 25.0 Å². The van der Waals surface area contributed by atoms with Crippen molar-refractivity contribution in [3.63, 3.8) is 0 Å². The van der Waals surface area contributed by atoms with E-state index in [4.69, 9.17) is 0 Å². The van der Waals surface area contributed by atoms with Crippen LogP contribution in [0.3, 0.4) is 0 Å². The maximum Gasteiger partial charge on any atom is 0.313 e. The highest BCUT2D eigenvalue weighted by molar-refractivity contribution is 6.39. The van der Waals surface area contributed by atoms with Crippen LogP contribution in [0.25, 0.3) is 0 Å². The number of benzene rings is 1. The molecule has 0 unspecified atom stereocenters. The molecule has 2 aliphatic heterocycles. The molecule has 29 heavy (non-hydrogen) atoms. The van der Waals surface area contributed by atoms with Crippen LogP contribution in [0.4, 0.5) is 5.69 Å². The number of nitrogens with one attached hydrogen (secondary N) is 1. The Morgan fingerprint density at radius 1 is 0.897 bits per heavy atom. The summed E-state index contributed by atoms with van der Waals surface area (Å²) in [6.07, 6.45) is 7.55. The molecule has 1 N–H and O–H groups in total. The predicted molar refractivity (Wildman–Crippen MR) is 114 cm³/mol. The Labute approximate surface area is 173 Å². The van der Waals surface area contributed by atoms with E-state index in [0.717, 1.165) is 45.2 Å². The Morgan fingerprint density at radius 3 is 2.21 bits per heavy atom. The Balaban J connectivity index is 1.60. The van der Waals surface area contributed by atoms with Crippen molar-refractivity contribution in [3.8, 4) is 0 Å². The minimum absolute atomic E-state index is 0.0354. The minimum Gasteiger partial charge on any atom is -0.339 e. The summed E-state index contributed by atoms with van der Waals surface area (Å²) in [5.41, 5.74) is 1.15. The summed E-state index contributed by atoms with van der Waals surface area (Å²) in [7, 11) is 0. The molecule has 1 aromatic carbocycles. The van der Waals surface area contributed by atoms with Gasteiger partial charge in [-0.2, -0.15) is 0 Å². The quantitative estimate of drug-likeness (QED) is 0.772. The van der Waals surface area contributed by atoms with Gasteiger partial charge < -0.3 is 15.1 Å². The van der Waals surface area contributed by atoms with Crippen molar-refractivity contribution < 1.29 is 14.4 Å². The highest BCUT2D eigenvalue weighted by atomic mass is 16.2. The first-order valence-corrected chi connectivity index (χ1v) is 11.0. The van der Waals surface area contributed by atoms with Crippen molar-refractivity contribution in [2.24, 2.45) is 5.92 Å². The molecule has 2 atom stereocenters. The first-order chi connectivity index (χ1) is 14.0. The fourth-order valence-corrected chi connectivity index (χ4v) is 4.28. The van der Waals surface area contributed by atoms with Crippen LogP contribution in [-0.4, -0.2) is 53.2 Å². The van der Waals surface area contributed by atoms with Gasteiger partial charge in [0.1, 0.15) is 0 Å². The number of anilines is 1. The third kappa shape index (κ3) is 5.58. The van der Waals surface area contributed by atoms with Crippen LogP contribution in [0.2, 0.25) is 0 Å². The van der Waals surface area contributed by atoms with E-state index >= 15 is 0 Å². The van der Waals surface area contributed by atoms with Gasteiger partial charge in [0, 0.05) is 36.9 Å². The molecule has 2 aliphatic rings. The van der Waals surface area contributed by atoms with E-state index in [1.165, 1.54) is 12.8 Å². The zero-order valence-electron chi connectivity index (χ0n) is 17.7. The van der Waals surface area contributed by atoms with Crippen LogP contribution in [0, 0.1) is 5.92 Å². The lowest BCUT2D eigenvalue weighted by Crippen LogP contribution is -2.45. The molecule has 0 bridgehead atoms. The second kappa shape index (κ2) is 9.90. The number of rotatable bonds is 2. The molecule has 6 nitrogen and oxygen atoms in total. The second-order valence-corrected chi connectivity index (χ2v) is 8.58. The second-order valence-electron chi connectivity index (χ2n) is 8.58. The molecule has 1 aromatic rings. The van der Waals surface area contributed by atoms with Crippen molar-refractivity contribution in [1.29, 1.82) is 0 Å². The van der Waals surface area contributed by atoms with Crippen LogP contribution >= 0.6 is 0 Å². The molecular formula is C23H33N3O3. The normalized spacial score (nSPS) is 23.1. The average molecular weight is 400 g/mol. The largest absolute Gasteiger partial charge is 0.339 e. The van der Waals surface area contributed by atoms with Crippen molar-refractivity contribution in [1.82, 2.24) is 9.80 Å². The Bertz CT molecular complexity index is 723. The van der Waals surface area contributed by atoms with Crippen molar-refractivity contribution >= 4 is 23.4 Å². The third-order valence-electron chi connectivity index (χ3n) is 6.10. The zero-order valence-corrected chi connectivity index (χ0v) is 17.7. The van der Waals surface area contributed by atoms with E-state index < -0.39 is 11.8 Å². The first kappa shape index (κ1) is 21.3. The van der Waals surface area contributed by atoms with E-state index in [1.807, 2.05) is 11.8 Å². The smallest absolute Gasteiger partial charge is 0.313 e. The SMILES string of the molecule is C[C@H]1CCC[C@H](C)N(C(=O)C(=O)Nc2ccc(C(=O)N3CCCCCC3)cc2)C1. The molecular weight excluding hydrogens is 366 g/mol. The molecule has 3 rings (SSSR count). The van der Waals surface area contributed by atoms with Gasteiger partial charge in [0.25, 0.3) is 5.91 Å². The van der Waals surface area contributed by atoms with E-state index in [2.05, 4.69) is 12.2 Å². The molecule has 2 fully saturated rings. The summed E-state index contributed by atoms with van der Waals surface area (Å²) in [5.74, 6) is -0.650. The van der Waals surface area contributed by atoms with Crippen LogP contribution in [0.1, 0.15) is 69.2 Å². The molecule has 6 heteroatoms. The van der Waals surface area contributed by atoms with E-state index in [9.17, 15) is 14.4 Å². The monoisotopic (exact) mass is 399 g/mol. The summed E-state index contributed by atoms with van der Waals surface area (Å²) < 4.78 is 0. The van der Waals surface area contributed by atoms with Crippen molar-refractivity contribution in [2.45, 2.75) is 64.8 Å². The Hall–Kier alpha value is -2.37. The summed E-state index contributed by atoms with van der Waals surface area (Å²) in [6.45, 7) is 6.36. The van der Waals surface area contributed by atoms with Gasteiger partial charge in [0.2, 0.25) is 0 Å². The first-order valence-electron chi connectivity index (χ1n) is 11.0. The highest BCUT2D eigenvalue weighted by Gasteiger charge is 2.29. The van der Waals surface area contributed by atoms with E-state index in [0.29, 0.717) is 23.7 Å². The lowest BCUT2D eigenvalue weighted by molar-refractivity contribution is -0.144. The number of likely N-dealkylation sites (tertiary alicyclic amines) is 2. The van der Waals surface area contributed by atoms with Gasteiger partial charge >= 0.3 is 11.8 Å². The summed E-state index contributed by atoms with van der Waals surface area (Å²) in [4.78, 5) is 41.5. The van der Waals surface area contributed by atoms with Gasteiger partial charge in [-0.1, -0.05) is 26.2 Å². The molecule has 0 spiro atoms. The molecule has 2 saturated heterocycles. The van der Waals surface area contributed by atoms with Crippen LogP contribution in [0.5, 0.6) is 0 Å². The van der Waals surface area contributed by atoms with E-state index in [-0.39, 0.29) is 11.9 Å². The molecule has 3 amide bonds. The standard InChI is InChI=1S/C23H33N3O3/c1-17-8-7-9-18(2)26(16-17)23(29)21(27)24-20-12-10-19(11-13-20)22(28)25-14-5-3-4-6-15-25/h10-13,17-18H,3-9,14-16H2,1-2H3,(H,24,27)/t17-,18-/m0/s1. The maximum absolute atomic E-state index is 12.7. The van der Waals surface area contributed by atoms with Gasteiger partial charge in [0.15, 0.2) is 0 Å². The van der Waals surface area contributed by atoms with Crippen LogP contribution in [-0.2, 0) is 9.59 Å². The molecule has 0 radical (unpaired) electrons. The number of hydrogen-bond acceptors (Lipinski definition) is 3.